The molecule has 0 saturated heterocycles. The first-order valence-electron chi connectivity index (χ1n) is 6.65. The Labute approximate surface area is 126 Å². The molecule has 1 aromatic carbocycles. The molecule has 5 nitrogen and oxygen atoms in total. The Morgan fingerprint density at radius 2 is 1.73 bits per heavy atom. The number of alkyl halides is 3. The molecule has 0 aromatic heterocycles. The molecule has 22 heavy (non-hydrogen) atoms. The summed E-state index contributed by atoms with van der Waals surface area (Å²) in [6, 6.07) is 5.93. The quantitative estimate of drug-likeness (QED) is 0.780. The Kier molecular flexibility index (Phi) is 6.21. The predicted molar refractivity (Wildman–Crippen MR) is 76.5 cm³/mol. The van der Waals surface area contributed by atoms with Crippen molar-refractivity contribution >= 4 is 17.6 Å². The van der Waals surface area contributed by atoms with E-state index in [-0.39, 0.29) is 18.5 Å². The van der Waals surface area contributed by atoms with E-state index in [2.05, 4.69) is 10.6 Å². The topological polar surface area (TPSA) is 70.2 Å². The van der Waals surface area contributed by atoms with Gasteiger partial charge in [0.2, 0.25) is 5.91 Å². The summed E-state index contributed by atoms with van der Waals surface area (Å²) in [5.41, 5.74) is 1.08. The number of urea groups is 1. The SMILES string of the molecule is CC(C)NC(=O)Nc1ccc(CC(=O)NCC(F)(F)F)cc1. The highest BCUT2D eigenvalue weighted by Crippen LogP contribution is 2.13. The van der Waals surface area contributed by atoms with E-state index in [4.69, 9.17) is 0 Å². The average Bonchev–Trinajstić information content (AvgIpc) is 2.37. The number of rotatable bonds is 5. The molecule has 0 bridgehead atoms. The third kappa shape index (κ3) is 7.51. The van der Waals surface area contributed by atoms with Crippen LogP contribution in [0.25, 0.3) is 0 Å². The van der Waals surface area contributed by atoms with Gasteiger partial charge in [-0.25, -0.2) is 4.79 Å². The first kappa shape index (κ1) is 17.8. The molecular weight excluding hydrogens is 299 g/mol. The van der Waals surface area contributed by atoms with E-state index in [1.165, 1.54) is 0 Å². The van der Waals surface area contributed by atoms with Crippen LogP contribution in [-0.2, 0) is 11.2 Å². The molecular formula is C14H18F3N3O2. The van der Waals surface area contributed by atoms with Gasteiger partial charge in [0, 0.05) is 11.7 Å². The van der Waals surface area contributed by atoms with Crippen molar-refractivity contribution in [3.63, 3.8) is 0 Å². The lowest BCUT2D eigenvalue weighted by molar-refractivity contribution is -0.138. The minimum atomic E-state index is -4.42. The van der Waals surface area contributed by atoms with Crippen molar-refractivity contribution in [1.29, 1.82) is 0 Å². The van der Waals surface area contributed by atoms with Crippen LogP contribution in [0.5, 0.6) is 0 Å². The summed E-state index contributed by atoms with van der Waals surface area (Å²) in [7, 11) is 0. The van der Waals surface area contributed by atoms with E-state index in [1.54, 1.807) is 29.6 Å². The normalized spacial score (nSPS) is 11.2. The van der Waals surface area contributed by atoms with Crippen LogP contribution in [-0.4, -0.2) is 30.7 Å². The number of halogens is 3. The molecule has 122 valence electrons. The number of amides is 3. The zero-order valence-electron chi connectivity index (χ0n) is 12.3. The number of nitrogens with one attached hydrogen (secondary N) is 3. The van der Waals surface area contributed by atoms with E-state index >= 15 is 0 Å². The molecule has 1 rings (SSSR count). The van der Waals surface area contributed by atoms with Gasteiger partial charge in [-0.1, -0.05) is 12.1 Å². The second kappa shape index (κ2) is 7.67. The maximum absolute atomic E-state index is 12.0. The van der Waals surface area contributed by atoms with Gasteiger partial charge in [0.1, 0.15) is 6.54 Å². The van der Waals surface area contributed by atoms with Crippen LogP contribution in [0.3, 0.4) is 0 Å². The fourth-order valence-corrected chi connectivity index (χ4v) is 1.58. The molecule has 0 aliphatic rings. The van der Waals surface area contributed by atoms with Crippen LogP contribution < -0.4 is 16.0 Å². The highest BCUT2D eigenvalue weighted by atomic mass is 19.4. The van der Waals surface area contributed by atoms with Gasteiger partial charge < -0.3 is 16.0 Å². The summed E-state index contributed by atoms with van der Waals surface area (Å²) in [4.78, 5) is 22.8. The van der Waals surface area contributed by atoms with Gasteiger partial charge in [0.05, 0.1) is 6.42 Å². The number of carbonyl (C=O) groups excluding carboxylic acids is 2. The Morgan fingerprint density at radius 3 is 2.23 bits per heavy atom. The summed E-state index contributed by atoms with van der Waals surface area (Å²) in [5, 5.41) is 7.04. The molecule has 0 radical (unpaired) electrons. The predicted octanol–water partition coefficient (Wildman–Crippen LogP) is 2.44. The van der Waals surface area contributed by atoms with Gasteiger partial charge in [0.25, 0.3) is 0 Å². The van der Waals surface area contributed by atoms with E-state index in [1.807, 2.05) is 13.8 Å². The van der Waals surface area contributed by atoms with Crippen molar-refractivity contribution in [2.24, 2.45) is 0 Å². The number of hydrogen-bond donors (Lipinski definition) is 3. The Morgan fingerprint density at radius 1 is 1.14 bits per heavy atom. The van der Waals surface area contributed by atoms with Crippen molar-refractivity contribution in [3.8, 4) is 0 Å². The fourth-order valence-electron chi connectivity index (χ4n) is 1.58. The van der Waals surface area contributed by atoms with Gasteiger partial charge in [0.15, 0.2) is 0 Å². The minimum absolute atomic E-state index is 0.00315. The van der Waals surface area contributed by atoms with E-state index in [9.17, 15) is 22.8 Å². The fraction of sp³-hybridized carbons (Fsp3) is 0.429. The third-order valence-corrected chi connectivity index (χ3v) is 2.48. The van der Waals surface area contributed by atoms with Crippen LogP contribution in [0, 0.1) is 0 Å². The monoisotopic (exact) mass is 317 g/mol. The van der Waals surface area contributed by atoms with Crippen LogP contribution in [0.4, 0.5) is 23.7 Å². The average molecular weight is 317 g/mol. The Bertz CT molecular complexity index is 513. The molecule has 3 N–H and O–H groups in total. The van der Waals surface area contributed by atoms with E-state index in [0.29, 0.717) is 11.3 Å². The molecule has 8 heteroatoms. The Balaban J connectivity index is 2.48. The largest absolute Gasteiger partial charge is 0.405 e. The van der Waals surface area contributed by atoms with E-state index < -0.39 is 18.6 Å². The number of anilines is 1. The number of hydrogen-bond acceptors (Lipinski definition) is 2. The van der Waals surface area contributed by atoms with Crippen LogP contribution in [0.2, 0.25) is 0 Å². The van der Waals surface area contributed by atoms with Gasteiger partial charge in [-0.3, -0.25) is 4.79 Å². The highest BCUT2D eigenvalue weighted by molar-refractivity contribution is 5.89. The van der Waals surface area contributed by atoms with Gasteiger partial charge in [-0.05, 0) is 31.5 Å². The van der Waals surface area contributed by atoms with Gasteiger partial charge >= 0.3 is 12.2 Å². The lowest BCUT2D eigenvalue weighted by Gasteiger charge is -2.11. The van der Waals surface area contributed by atoms with Crippen molar-refractivity contribution in [2.75, 3.05) is 11.9 Å². The first-order valence-corrected chi connectivity index (χ1v) is 6.65. The maximum Gasteiger partial charge on any atom is 0.405 e. The highest BCUT2D eigenvalue weighted by Gasteiger charge is 2.27. The molecule has 0 fully saturated rings. The summed E-state index contributed by atoms with van der Waals surface area (Å²) < 4.78 is 35.9. The zero-order valence-corrected chi connectivity index (χ0v) is 12.3. The van der Waals surface area contributed by atoms with Crippen molar-refractivity contribution in [1.82, 2.24) is 10.6 Å². The molecule has 0 atom stereocenters. The molecule has 0 aliphatic carbocycles. The molecule has 1 aromatic rings. The van der Waals surface area contributed by atoms with Gasteiger partial charge in [-0.15, -0.1) is 0 Å². The van der Waals surface area contributed by atoms with Crippen LogP contribution >= 0.6 is 0 Å². The first-order chi connectivity index (χ1) is 10.2. The molecule has 0 saturated carbocycles. The Hall–Kier alpha value is -2.25. The molecule has 0 aliphatic heterocycles. The standard InChI is InChI=1S/C14H18F3N3O2/c1-9(2)19-13(22)20-11-5-3-10(4-6-11)7-12(21)18-8-14(15,16)17/h3-6,9H,7-8H2,1-2H3,(H,18,21)(H2,19,20,22). The maximum atomic E-state index is 12.0. The molecule has 0 heterocycles. The molecule has 0 unspecified atom stereocenters. The summed E-state index contributed by atoms with van der Waals surface area (Å²) in [6.07, 6.45) is -4.58. The van der Waals surface area contributed by atoms with Crippen molar-refractivity contribution in [3.05, 3.63) is 29.8 Å². The lowest BCUT2D eigenvalue weighted by atomic mass is 10.1. The summed E-state index contributed by atoms with van der Waals surface area (Å²) in [6.45, 7) is 2.30. The molecule has 0 spiro atoms. The number of benzene rings is 1. The van der Waals surface area contributed by atoms with Crippen molar-refractivity contribution < 1.29 is 22.8 Å². The second-order valence-corrected chi connectivity index (χ2v) is 5.02. The second-order valence-electron chi connectivity index (χ2n) is 5.02. The lowest BCUT2D eigenvalue weighted by Crippen LogP contribution is -2.34. The van der Waals surface area contributed by atoms with Crippen LogP contribution in [0.1, 0.15) is 19.4 Å². The summed E-state index contributed by atoms with van der Waals surface area (Å²) >= 11 is 0. The van der Waals surface area contributed by atoms with E-state index in [0.717, 1.165) is 0 Å². The van der Waals surface area contributed by atoms with Crippen molar-refractivity contribution in [2.45, 2.75) is 32.5 Å². The van der Waals surface area contributed by atoms with Gasteiger partial charge in [-0.2, -0.15) is 13.2 Å². The number of carbonyl (C=O) groups is 2. The smallest absolute Gasteiger partial charge is 0.347 e. The third-order valence-electron chi connectivity index (χ3n) is 2.48. The zero-order chi connectivity index (χ0) is 16.8. The minimum Gasteiger partial charge on any atom is -0.347 e. The van der Waals surface area contributed by atoms with Crippen LogP contribution in [0.15, 0.2) is 24.3 Å². The summed E-state index contributed by atoms with van der Waals surface area (Å²) in [5.74, 6) is -0.712. The molecule has 3 amide bonds.